The molecule has 0 radical (unpaired) electrons. The molecule has 0 unspecified atom stereocenters. The Labute approximate surface area is 122 Å². The molecular weight excluding hydrogens is 294 g/mol. The fourth-order valence-electron chi connectivity index (χ4n) is 1.72. The smallest absolute Gasteiger partial charge is 0.380 e. The lowest BCUT2D eigenvalue weighted by atomic mass is 10.1. The molecular formula is C14H13NO5S. The van der Waals surface area contributed by atoms with Gasteiger partial charge in [-0.05, 0) is 35.4 Å². The molecule has 0 aliphatic carbocycles. The van der Waals surface area contributed by atoms with Gasteiger partial charge in [-0.2, -0.15) is 13.6 Å². The molecule has 7 heteroatoms. The summed E-state index contributed by atoms with van der Waals surface area (Å²) in [4.78, 5) is 10.8. The van der Waals surface area contributed by atoms with Gasteiger partial charge < -0.3 is 8.92 Å². The lowest BCUT2D eigenvalue weighted by Gasteiger charge is -2.06. The summed E-state index contributed by atoms with van der Waals surface area (Å²) in [6.45, 7) is 1.33. The second-order valence-electron chi connectivity index (χ2n) is 4.22. The van der Waals surface area contributed by atoms with Crippen molar-refractivity contribution < 1.29 is 22.1 Å². The molecule has 0 amide bonds. The molecule has 6 nitrogen and oxygen atoms in total. The highest BCUT2D eigenvalue weighted by atomic mass is 32.2. The van der Waals surface area contributed by atoms with Crippen molar-refractivity contribution in [3.63, 3.8) is 0 Å². The van der Waals surface area contributed by atoms with Gasteiger partial charge in [0.05, 0.1) is 0 Å². The molecule has 110 valence electrons. The van der Waals surface area contributed by atoms with Gasteiger partial charge in [0.1, 0.15) is 11.5 Å². The average molecular weight is 307 g/mol. The quantitative estimate of drug-likeness (QED) is 0.687. The highest BCUT2D eigenvalue weighted by Crippen LogP contribution is 2.25. The molecule has 2 aromatic carbocycles. The van der Waals surface area contributed by atoms with Crippen molar-refractivity contribution in [3.8, 4) is 22.6 Å². The standard InChI is InChI=1S/C14H13NO5S/c1-10(16)19-13-6-2-11(3-7-13)12-4-8-14(9-5-12)20-21(15,17)18/h2-9H,1H3,(H2,15,17,18). The lowest BCUT2D eigenvalue weighted by molar-refractivity contribution is -0.131. The van der Waals surface area contributed by atoms with Crippen LogP contribution < -0.4 is 14.1 Å². The Hall–Kier alpha value is -2.38. The molecule has 0 saturated carbocycles. The molecule has 0 fully saturated rings. The van der Waals surface area contributed by atoms with E-state index in [1.54, 1.807) is 36.4 Å². The minimum absolute atomic E-state index is 0.137. The summed E-state index contributed by atoms with van der Waals surface area (Å²) in [6.07, 6.45) is 0. The maximum Gasteiger partial charge on any atom is 0.380 e. The van der Waals surface area contributed by atoms with E-state index in [0.717, 1.165) is 11.1 Å². The number of nitrogens with two attached hydrogens (primary N) is 1. The Morgan fingerprint density at radius 2 is 1.33 bits per heavy atom. The van der Waals surface area contributed by atoms with Crippen molar-refractivity contribution in [1.82, 2.24) is 0 Å². The van der Waals surface area contributed by atoms with Gasteiger partial charge in [0.25, 0.3) is 0 Å². The second-order valence-corrected chi connectivity index (χ2v) is 5.37. The van der Waals surface area contributed by atoms with E-state index in [0.29, 0.717) is 5.75 Å². The Morgan fingerprint density at radius 3 is 1.71 bits per heavy atom. The van der Waals surface area contributed by atoms with E-state index >= 15 is 0 Å². The van der Waals surface area contributed by atoms with Crippen molar-refractivity contribution >= 4 is 16.3 Å². The first-order valence-electron chi connectivity index (χ1n) is 5.94. The third-order valence-electron chi connectivity index (χ3n) is 2.52. The van der Waals surface area contributed by atoms with Crippen LogP contribution in [0.15, 0.2) is 48.5 Å². The van der Waals surface area contributed by atoms with Gasteiger partial charge in [0.2, 0.25) is 0 Å². The Balaban J connectivity index is 2.17. The molecule has 0 heterocycles. The largest absolute Gasteiger partial charge is 0.427 e. The fourth-order valence-corrected chi connectivity index (χ4v) is 2.10. The molecule has 2 aromatic rings. The zero-order valence-electron chi connectivity index (χ0n) is 11.1. The molecule has 0 atom stereocenters. The maximum atomic E-state index is 10.8. The Morgan fingerprint density at radius 1 is 0.905 bits per heavy atom. The van der Waals surface area contributed by atoms with Crippen molar-refractivity contribution in [1.29, 1.82) is 0 Å². The molecule has 21 heavy (non-hydrogen) atoms. The summed E-state index contributed by atoms with van der Waals surface area (Å²) in [6, 6.07) is 13.3. The first-order valence-corrected chi connectivity index (χ1v) is 7.42. The van der Waals surface area contributed by atoms with Crippen LogP contribution in [0.5, 0.6) is 11.5 Å². The van der Waals surface area contributed by atoms with Gasteiger partial charge in [-0.1, -0.05) is 24.3 Å². The van der Waals surface area contributed by atoms with E-state index in [1.165, 1.54) is 19.1 Å². The SMILES string of the molecule is CC(=O)Oc1ccc(-c2ccc(OS(N)(=O)=O)cc2)cc1. The summed E-state index contributed by atoms with van der Waals surface area (Å²) in [5.74, 6) is 0.213. The summed E-state index contributed by atoms with van der Waals surface area (Å²) in [7, 11) is -4.02. The third kappa shape index (κ3) is 4.59. The van der Waals surface area contributed by atoms with Crippen LogP contribution in [0.1, 0.15) is 6.92 Å². The van der Waals surface area contributed by atoms with E-state index in [1.807, 2.05) is 0 Å². The molecule has 0 aliphatic rings. The van der Waals surface area contributed by atoms with Crippen molar-refractivity contribution in [3.05, 3.63) is 48.5 Å². The zero-order valence-corrected chi connectivity index (χ0v) is 12.0. The van der Waals surface area contributed by atoms with Crippen LogP contribution in [-0.4, -0.2) is 14.4 Å². The van der Waals surface area contributed by atoms with Crippen LogP contribution in [-0.2, 0) is 15.1 Å². The zero-order chi connectivity index (χ0) is 15.5. The minimum atomic E-state index is -4.02. The maximum absolute atomic E-state index is 10.8. The number of rotatable bonds is 4. The van der Waals surface area contributed by atoms with Gasteiger partial charge in [-0.15, -0.1) is 0 Å². The summed E-state index contributed by atoms with van der Waals surface area (Å²) >= 11 is 0. The summed E-state index contributed by atoms with van der Waals surface area (Å²) < 4.78 is 31.1. The van der Waals surface area contributed by atoms with Crippen LogP contribution in [0.3, 0.4) is 0 Å². The van der Waals surface area contributed by atoms with Gasteiger partial charge >= 0.3 is 16.3 Å². The number of carbonyl (C=O) groups is 1. The number of hydrogen-bond acceptors (Lipinski definition) is 5. The predicted octanol–water partition coefficient (Wildman–Crippen LogP) is 1.86. The number of esters is 1. The third-order valence-corrected chi connectivity index (χ3v) is 2.94. The van der Waals surface area contributed by atoms with Crippen LogP contribution in [0.2, 0.25) is 0 Å². The molecule has 0 aliphatic heterocycles. The normalized spacial score (nSPS) is 11.0. The second kappa shape index (κ2) is 5.94. The van der Waals surface area contributed by atoms with E-state index in [4.69, 9.17) is 9.88 Å². The fraction of sp³-hybridized carbons (Fsp3) is 0.0714. The number of carbonyl (C=O) groups excluding carboxylic acids is 1. The first kappa shape index (κ1) is 15.0. The van der Waals surface area contributed by atoms with Crippen LogP contribution >= 0.6 is 0 Å². The highest BCUT2D eigenvalue weighted by Gasteiger charge is 2.05. The molecule has 2 rings (SSSR count). The van der Waals surface area contributed by atoms with Crippen molar-refractivity contribution in [2.24, 2.45) is 5.14 Å². The van der Waals surface area contributed by atoms with Crippen molar-refractivity contribution in [2.45, 2.75) is 6.92 Å². The van der Waals surface area contributed by atoms with Crippen LogP contribution in [0.25, 0.3) is 11.1 Å². The predicted molar refractivity (Wildman–Crippen MR) is 76.9 cm³/mol. The number of benzene rings is 2. The molecule has 0 bridgehead atoms. The van der Waals surface area contributed by atoms with Crippen LogP contribution in [0, 0.1) is 0 Å². The lowest BCUT2D eigenvalue weighted by Crippen LogP contribution is -2.18. The van der Waals surface area contributed by atoms with Gasteiger partial charge in [0.15, 0.2) is 0 Å². The van der Waals surface area contributed by atoms with E-state index in [2.05, 4.69) is 4.18 Å². The molecule has 0 aromatic heterocycles. The van der Waals surface area contributed by atoms with E-state index in [-0.39, 0.29) is 11.7 Å². The first-order chi connectivity index (χ1) is 9.83. The Kier molecular flexibility index (Phi) is 4.25. The molecule has 0 saturated heterocycles. The number of hydrogen-bond donors (Lipinski definition) is 1. The van der Waals surface area contributed by atoms with Gasteiger partial charge in [-0.3, -0.25) is 4.79 Å². The monoisotopic (exact) mass is 307 g/mol. The molecule has 2 N–H and O–H groups in total. The topological polar surface area (TPSA) is 95.7 Å². The van der Waals surface area contributed by atoms with Crippen LogP contribution in [0.4, 0.5) is 0 Å². The van der Waals surface area contributed by atoms with Gasteiger partial charge in [-0.25, -0.2) is 0 Å². The Bertz CT molecular complexity index is 736. The average Bonchev–Trinajstić information content (AvgIpc) is 2.38. The molecule has 0 spiro atoms. The van der Waals surface area contributed by atoms with E-state index in [9.17, 15) is 13.2 Å². The minimum Gasteiger partial charge on any atom is -0.427 e. The highest BCUT2D eigenvalue weighted by molar-refractivity contribution is 7.84. The van der Waals surface area contributed by atoms with E-state index < -0.39 is 10.3 Å². The number of ether oxygens (including phenoxy) is 1. The van der Waals surface area contributed by atoms with Gasteiger partial charge in [0, 0.05) is 6.92 Å². The summed E-state index contributed by atoms with van der Waals surface area (Å²) in [5.41, 5.74) is 1.74. The van der Waals surface area contributed by atoms with Crippen molar-refractivity contribution in [2.75, 3.05) is 0 Å². The summed E-state index contributed by atoms with van der Waals surface area (Å²) in [5, 5.41) is 4.78.